The topological polar surface area (TPSA) is 69.6 Å². The van der Waals surface area contributed by atoms with Gasteiger partial charge in [-0.2, -0.15) is 0 Å². The molecule has 0 aromatic heterocycles. The number of benzene rings is 1. The van der Waals surface area contributed by atoms with Gasteiger partial charge in [0.2, 0.25) is 5.91 Å². The van der Waals surface area contributed by atoms with Crippen molar-refractivity contribution in [1.82, 2.24) is 10.2 Å². The standard InChI is InChI=1S/C14H17BrN2O3/c1-9(10-2-4-11(15)5-3-10)17-7-6-16-14(20)12(17)8-13(18)19/h2-5,9,12H,6-8H2,1H3,(H,16,20)(H,18,19). The number of aliphatic carboxylic acids is 1. The molecule has 0 bridgehead atoms. The number of carbonyl (C=O) groups excluding carboxylic acids is 1. The number of hydrogen-bond donors (Lipinski definition) is 2. The fourth-order valence-corrected chi connectivity index (χ4v) is 2.77. The van der Waals surface area contributed by atoms with Crippen molar-refractivity contribution in [1.29, 1.82) is 0 Å². The molecule has 2 atom stereocenters. The van der Waals surface area contributed by atoms with Crippen molar-refractivity contribution in [2.24, 2.45) is 0 Å². The molecule has 0 spiro atoms. The van der Waals surface area contributed by atoms with Crippen LogP contribution in [-0.4, -0.2) is 41.0 Å². The number of nitrogens with zero attached hydrogens (tertiary/aromatic N) is 1. The summed E-state index contributed by atoms with van der Waals surface area (Å²) in [4.78, 5) is 24.8. The van der Waals surface area contributed by atoms with Gasteiger partial charge in [-0.3, -0.25) is 14.5 Å². The molecule has 1 aliphatic heterocycles. The van der Waals surface area contributed by atoms with Crippen LogP contribution in [-0.2, 0) is 9.59 Å². The molecule has 0 radical (unpaired) electrons. The Bertz CT molecular complexity index is 504. The number of hydrogen-bond acceptors (Lipinski definition) is 3. The molecule has 1 heterocycles. The minimum atomic E-state index is -0.958. The summed E-state index contributed by atoms with van der Waals surface area (Å²) in [7, 11) is 0. The molecule has 2 unspecified atom stereocenters. The summed E-state index contributed by atoms with van der Waals surface area (Å²) >= 11 is 3.39. The van der Waals surface area contributed by atoms with Crippen molar-refractivity contribution in [3.05, 3.63) is 34.3 Å². The van der Waals surface area contributed by atoms with E-state index in [4.69, 9.17) is 5.11 Å². The van der Waals surface area contributed by atoms with Gasteiger partial charge in [0.15, 0.2) is 0 Å². The van der Waals surface area contributed by atoms with E-state index in [1.807, 2.05) is 36.1 Å². The molecule has 108 valence electrons. The SMILES string of the molecule is CC(c1ccc(Br)cc1)N1CCNC(=O)C1CC(=O)O. The normalized spacial score (nSPS) is 21.3. The predicted octanol–water partition coefficient (Wildman–Crippen LogP) is 1.79. The van der Waals surface area contributed by atoms with Crippen molar-refractivity contribution in [2.75, 3.05) is 13.1 Å². The average molecular weight is 341 g/mol. The molecule has 20 heavy (non-hydrogen) atoms. The van der Waals surface area contributed by atoms with E-state index in [1.54, 1.807) is 0 Å². The first kappa shape index (κ1) is 15.0. The van der Waals surface area contributed by atoms with E-state index in [0.29, 0.717) is 13.1 Å². The molecule has 1 saturated heterocycles. The molecule has 1 fully saturated rings. The summed E-state index contributed by atoms with van der Waals surface area (Å²) in [5.74, 6) is -1.16. The van der Waals surface area contributed by atoms with E-state index in [-0.39, 0.29) is 18.4 Å². The molecule has 1 amide bonds. The molecule has 6 heteroatoms. The van der Waals surface area contributed by atoms with Crippen molar-refractivity contribution >= 4 is 27.8 Å². The zero-order valence-electron chi connectivity index (χ0n) is 11.2. The maximum Gasteiger partial charge on any atom is 0.305 e. The summed E-state index contributed by atoms with van der Waals surface area (Å²) in [6.07, 6.45) is -0.174. The van der Waals surface area contributed by atoms with Gasteiger partial charge in [-0.25, -0.2) is 0 Å². The maximum absolute atomic E-state index is 11.9. The molecule has 0 saturated carbocycles. The number of piperazine rings is 1. The van der Waals surface area contributed by atoms with Gasteiger partial charge in [0.25, 0.3) is 0 Å². The summed E-state index contributed by atoms with van der Waals surface area (Å²) < 4.78 is 0.993. The number of halogens is 1. The van der Waals surface area contributed by atoms with Gasteiger partial charge in [0.1, 0.15) is 6.04 Å². The number of carbonyl (C=O) groups is 2. The predicted molar refractivity (Wildman–Crippen MR) is 78.3 cm³/mol. The third-order valence-corrected chi connectivity index (χ3v) is 4.12. The Morgan fingerprint density at radius 2 is 2.15 bits per heavy atom. The summed E-state index contributed by atoms with van der Waals surface area (Å²) in [5.41, 5.74) is 1.07. The summed E-state index contributed by atoms with van der Waals surface area (Å²) in [6, 6.07) is 7.25. The third kappa shape index (κ3) is 3.37. The molecule has 0 aliphatic carbocycles. The van der Waals surface area contributed by atoms with Gasteiger partial charge >= 0.3 is 5.97 Å². The second-order valence-corrected chi connectivity index (χ2v) is 5.79. The van der Waals surface area contributed by atoms with Crippen LogP contribution in [0.5, 0.6) is 0 Å². The number of rotatable bonds is 4. The largest absolute Gasteiger partial charge is 0.481 e. The number of carboxylic acids is 1. The van der Waals surface area contributed by atoms with Crippen molar-refractivity contribution in [3.8, 4) is 0 Å². The van der Waals surface area contributed by atoms with Gasteiger partial charge in [-0.05, 0) is 24.6 Å². The second-order valence-electron chi connectivity index (χ2n) is 4.87. The smallest absolute Gasteiger partial charge is 0.305 e. The van der Waals surface area contributed by atoms with Crippen molar-refractivity contribution in [2.45, 2.75) is 25.4 Å². The minimum Gasteiger partial charge on any atom is -0.481 e. The van der Waals surface area contributed by atoms with Crippen LogP contribution in [0.15, 0.2) is 28.7 Å². The molecular weight excluding hydrogens is 324 g/mol. The highest BCUT2D eigenvalue weighted by Gasteiger charge is 2.34. The van der Waals surface area contributed by atoms with Crippen molar-refractivity contribution < 1.29 is 14.7 Å². The average Bonchev–Trinajstić information content (AvgIpc) is 2.41. The van der Waals surface area contributed by atoms with E-state index >= 15 is 0 Å². The van der Waals surface area contributed by atoms with Gasteiger partial charge < -0.3 is 10.4 Å². The second kappa shape index (κ2) is 6.37. The first-order chi connectivity index (χ1) is 9.49. The first-order valence-corrected chi connectivity index (χ1v) is 7.29. The van der Waals surface area contributed by atoms with E-state index in [2.05, 4.69) is 21.2 Å². The highest BCUT2D eigenvalue weighted by molar-refractivity contribution is 9.10. The minimum absolute atomic E-state index is 0.00139. The third-order valence-electron chi connectivity index (χ3n) is 3.59. The Morgan fingerprint density at radius 1 is 1.50 bits per heavy atom. The lowest BCUT2D eigenvalue weighted by Gasteiger charge is -2.38. The Labute approximate surface area is 126 Å². The van der Waals surface area contributed by atoms with Crippen LogP contribution in [0.1, 0.15) is 24.9 Å². The fraction of sp³-hybridized carbons (Fsp3) is 0.429. The van der Waals surface area contributed by atoms with Crippen LogP contribution >= 0.6 is 15.9 Å². The van der Waals surface area contributed by atoms with Crippen LogP contribution in [0.2, 0.25) is 0 Å². The lowest BCUT2D eigenvalue weighted by Crippen LogP contribution is -2.56. The van der Waals surface area contributed by atoms with Gasteiger partial charge in [0.05, 0.1) is 6.42 Å². The fourth-order valence-electron chi connectivity index (χ4n) is 2.50. The highest BCUT2D eigenvalue weighted by Crippen LogP contribution is 2.26. The van der Waals surface area contributed by atoms with E-state index < -0.39 is 12.0 Å². The Kier molecular flexibility index (Phi) is 4.77. The number of nitrogens with one attached hydrogen (secondary N) is 1. The Balaban J connectivity index is 2.20. The molecule has 1 aliphatic rings. The van der Waals surface area contributed by atoms with Gasteiger partial charge in [-0.1, -0.05) is 28.1 Å². The quantitative estimate of drug-likeness (QED) is 0.876. The number of carboxylic acid groups (broad SMARTS) is 1. The van der Waals surface area contributed by atoms with Crippen LogP contribution < -0.4 is 5.32 Å². The van der Waals surface area contributed by atoms with E-state index in [9.17, 15) is 9.59 Å². The number of amides is 1. The zero-order chi connectivity index (χ0) is 14.7. The monoisotopic (exact) mass is 340 g/mol. The maximum atomic E-state index is 11.9. The van der Waals surface area contributed by atoms with E-state index in [0.717, 1.165) is 10.0 Å². The van der Waals surface area contributed by atoms with Gasteiger partial charge in [0, 0.05) is 23.6 Å². The summed E-state index contributed by atoms with van der Waals surface area (Å²) in [6.45, 7) is 3.20. The van der Waals surface area contributed by atoms with Crippen LogP contribution in [0.4, 0.5) is 0 Å². The van der Waals surface area contributed by atoms with Crippen LogP contribution in [0, 0.1) is 0 Å². The molecule has 5 nitrogen and oxygen atoms in total. The highest BCUT2D eigenvalue weighted by atomic mass is 79.9. The lowest BCUT2D eigenvalue weighted by atomic mass is 10.0. The molecule has 1 aromatic carbocycles. The molecular formula is C14H17BrN2O3. The van der Waals surface area contributed by atoms with Crippen LogP contribution in [0.25, 0.3) is 0 Å². The molecule has 1 aromatic rings. The van der Waals surface area contributed by atoms with Crippen LogP contribution in [0.3, 0.4) is 0 Å². The zero-order valence-corrected chi connectivity index (χ0v) is 12.8. The Hall–Kier alpha value is -1.40. The Morgan fingerprint density at radius 3 is 2.75 bits per heavy atom. The molecule has 2 rings (SSSR count). The molecule has 2 N–H and O–H groups in total. The summed E-state index contributed by atoms with van der Waals surface area (Å²) in [5, 5.41) is 11.7. The van der Waals surface area contributed by atoms with Gasteiger partial charge in [-0.15, -0.1) is 0 Å². The lowest BCUT2D eigenvalue weighted by molar-refractivity contribution is -0.143. The van der Waals surface area contributed by atoms with Crippen molar-refractivity contribution in [3.63, 3.8) is 0 Å². The first-order valence-electron chi connectivity index (χ1n) is 6.49. The van der Waals surface area contributed by atoms with E-state index in [1.165, 1.54) is 0 Å².